The van der Waals surface area contributed by atoms with Crippen molar-refractivity contribution in [2.24, 2.45) is 5.73 Å². The van der Waals surface area contributed by atoms with E-state index < -0.39 is 12.1 Å². The molecule has 84 valence electrons. The lowest BCUT2D eigenvalue weighted by atomic mass is 10.2. The number of nitrogens with one attached hydrogen (secondary N) is 2. The Bertz CT molecular complexity index is 292. The second-order valence-corrected chi connectivity index (χ2v) is 3.34. The number of hydrogen-bond acceptors (Lipinski definition) is 3. The van der Waals surface area contributed by atoms with Crippen LogP contribution in [0.5, 0.6) is 0 Å². The summed E-state index contributed by atoms with van der Waals surface area (Å²) in [5.41, 5.74) is 4.89. The minimum Gasteiger partial charge on any atom is -0.353 e. The van der Waals surface area contributed by atoms with Gasteiger partial charge in [-0.3, -0.25) is 9.59 Å². The third-order valence-electron chi connectivity index (χ3n) is 2.08. The monoisotopic (exact) mass is 214 g/mol. The summed E-state index contributed by atoms with van der Waals surface area (Å²) in [5.74, 6) is -0.496. The molecule has 0 radical (unpaired) electrons. The maximum Gasteiger partial charge on any atom is 0.312 e. The van der Waals surface area contributed by atoms with Gasteiger partial charge < -0.3 is 21.3 Å². The zero-order chi connectivity index (χ0) is 11.4. The highest BCUT2D eigenvalue weighted by atomic mass is 16.2. The molecule has 1 aliphatic heterocycles. The normalized spacial score (nSPS) is 17.9. The van der Waals surface area contributed by atoms with E-state index in [0.717, 1.165) is 0 Å². The molecule has 0 aliphatic carbocycles. The Kier molecular flexibility index (Phi) is 3.48. The van der Waals surface area contributed by atoms with Crippen LogP contribution < -0.4 is 16.4 Å². The van der Waals surface area contributed by atoms with Crippen LogP contribution in [0.1, 0.15) is 6.92 Å². The fraction of sp³-hybridized carbons (Fsp3) is 0.625. The first-order chi connectivity index (χ1) is 7.00. The van der Waals surface area contributed by atoms with Gasteiger partial charge in [0.2, 0.25) is 11.8 Å². The Morgan fingerprint density at radius 2 is 2.27 bits per heavy atom. The molecule has 4 amide bonds. The van der Waals surface area contributed by atoms with Gasteiger partial charge in [-0.15, -0.1) is 0 Å². The van der Waals surface area contributed by atoms with Gasteiger partial charge in [0, 0.05) is 13.1 Å². The molecular formula is C8H14N4O3. The number of nitrogens with two attached hydrogens (primary N) is 1. The van der Waals surface area contributed by atoms with Gasteiger partial charge in [-0.05, 0) is 6.92 Å². The van der Waals surface area contributed by atoms with Crippen LogP contribution in [0.15, 0.2) is 0 Å². The van der Waals surface area contributed by atoms with Gasteiger partial charge in [0.05, 0.1) is 6.54 Å². The van der Waals surface area contributed by atoms with E-state index in [4.69, 9.17) is 5.73 Å². The minimum atomic E-state index is -0.752. The molecule has 0 bridgehead atoms. The molecule has 0 saturated carbocycles. The molecular weight excluding hydrogens is 200 g/mol. The van der Waals surface area contributed by atoms with Crippen molar-refractivity contribution in [3.63, 3.8) is 0 Å². The van der Waals surface area contributed by atoms with Crippen molar-refractivity contribution in [3.8, 4) is 0 Å². The minimum absolute atomic E-state index is 0.0314. The first-order valence-corrected chi connectivity index (χ1v) is 4.62. The van der Waals surface area contributed by atoms with E-state index >= 15 is 0 Å². The first-order valence-electron chi connectivity index (χ1n) is 4.62. The molecule has 1 rings (SSSR count). The molecule has 1 heterocycles. The lowest BCUT2D eigenvalue weighted by Crippen LogP contribution is -2.55. The highest BCUT2D eigenvalue weighted by molar-refractivity contribution is 5.90. The topological polar surface area (TPSA) is 105 Å². The van der Waals surface area contributed by atoms with Crippen LogP contribution >= 0.6 is 0 Å². The molecule has 1 aliphatic rings. The first kappa shape index (κ1) is 11.3. The van der Waals surface area contributed by atoms with Crippen molar-refractivity contribution in [1.29, 1.82) is 0 Å². The largest absolute Gasteiger partial charge is 0.353 e. The summed E-state index contributed by atoms with van der Waals surface area (Å²) < 4.78 is 0. The lowest BCUT2D eigenvalue weighted by molar-refractivity contribution is -0.139. The summed E-state index contributed by atoms with van der Waals surface area (Å²) in [4.78, 5) is 34.6. The van der Waals surface area contributed by atoms with Gasteiger partial charge in [0.25, 0.3) is 0 Å². The number of primary amides is 1. The van der Waals surface area contributed by atoms with Crippen LogP contribution in [0, 0.1) is 0 Å². The molecule has 1 unspecified atom stereocenters. The molecule has 0 aromatic rings. The summed E-state index contributed by atoms with van der Waals surface area (Å²) in [7, 11) is 0. The predicted octanol–water partition coefficient (Wildman–Crippen LogP) is -2.00. The maximum absolute atomic E-state index is 11.7. The third-order valence-corrected chi connectivity index (χ3v) is 2.08. The van der Waals surface area contributed by atoms with Crippen LogP contribution in [-0.2, 0) is 9.59 Å². The van der Waals surface area contributed by atoms with Gasteiger partial charge in [-0.2, -0.15) is 0 Å². The van der Waals surface area contributed by atoms with Crippen LogP contribution in [0.4, 0.5) is 4.79 Å². The summed E-state index contributed by atoms with van der Waals surface area (Å²) in [6.07, 6.45) is 0. The van der Waals surface area contributed by atoms with E-state index in [-0.39, 0.29) is 18.4 Å². The van der Waals surface area contributed by atoms with Gasteiger partial charge >= 0.3 is 6.03 Å². The molecule has 15 heavy (non-hydrogen) atoms. The summed E-state index contributed by atoms with van der Waals surface area (Å²) in [6.45, 7) is 2.45. The highest BCUT2D eigenvalue weighted by Crippen LogP contribution is 1.98. The van der Waals surface area contributed by atoms with Crippen molar-refractivity contribution in [2.45, 2.75) is 13.0 Å². The number of piperazine rings is 1. The van der Waals surface area contributed by atoms with Crippen molar-refractivity contribution in [2.75, 3.05) is 19.6 Å². The van der Waals surface area contributed by atoms with Gasteiger partial charge in [0.1, 0.15) is 6.04 Å². The molecule has 0 aromatic heterocycles. The average molecular weight is 214 g/mol. The third kappa shape index (κ3) is 3.12. The quantitative estimate of drug-likeness (QED) is 0.495. The SMILES string of the molecule is CC(NC(N)=O)C(=O)N1CCNC(=O)C1. The molecule has 1 fully saturated rings. The molecule has 7 nitrogen and oxygen atoms in total. The summed E-state index contributed by atoms with van der Waals surface area (Å²) >= 11 is 0. The van der Waals surface area contributed by atoms with E-state index in [1.165, 1.54) is 11.8 Å². The zero-order valence-electron chi connectivity index (χ0n) is 8.45. The maximum atomic E-state index is 11.7. The van der Waals surface area contributed by atoms with Crippen molar-refractivity contribution < 1.29 is 14.4 Å². The molecule has 0 aromatic carbocycles. The van der Waals surface area contributed by atoms with Crippen molar-refractivity contribution in [1.82, 2.24) is 15.5 Å². The van der Waals surface area contributed by atoms with E-state index in [1.807, 2.05) is 0 Å². The van der Waals surface area contributed by atoms with Crippen LogP contribution in [0.2, 0.25) is 0 Å². The number of rotatable bonds is 2. The molecule has 7 heteroatoms. The Morgan fingerprint density at radius 1 is 1.60 bits per heavy atom. The standard InChI is InChI=1S/C8H14N4O3/c1-5(11-8(9)15)7(14)12-3-2-10-6(13)4-12/h5H,2-4H2,1H3,(H,10,13)(H3,9,11,15). The van der Waals surface area contributed by atoms with Crippen LogP contribution in [0.3, 0.4) is 0 Å². The molecule has 1 saturated heterocycles. The van der Waals surface area contributed by atoms with Crippen LogP contribution in [-0.4, -0.2) is 48.4 Å². The smallest absolute Gasteiger partial charge is 0.312 e. The summed E-state index contributed by atoms with van der Waals surface area (Å²) in [6, 6.07) is -1.45. The van der Waals surface area contributed by atoms with E-state index in [2.05, 4.69) is 10.6 Å². The zero-order valence-corrected chi connectivity index (χ0v) is 8.45. The van der Waals surface area contributed by atoms with E-state index in [0.29, 0.717) is 13.1 Å². The lowest BCUT2D eigenvalue weighted by Gasteiger charge is -2.28. The number of carbonyl (C=O) groups is 3. The predicted molar refractivity (Wildman–Crippen MR) is 51.8 cm³/mol. The Morgan fingerprint density at radius 3 is 2.80 bits per heavy atom. The van der Waals surface area contributed by atoms with Gasteiger partial charge in [-0.1, -0.05) is 0 Å². The second kappa shape index (κ2) is 4.63. The fourth-order valence-electron chi connectivity index (χ4n) is 1.38. The van der Waals surface area contributed by atoms with Gasteiger partial charge in [0.15, 0.2) is 0 Å². The van der Waals surface area contributed by atoms with Crippen LogP contribution in [0.25, 0.3) is 0 Å². The second-order valence-electron chi connectivity index (χ2n) is 3.34. The number of nitrogens with zero attached hydrogens (tertiary/aromatic N) is 1. The Labute approximate surface area is 87.0 Å². The molecule has 1 atom stereocenters. The average Bonchev–Trinajstić information content (AvgIpc) is 2.15. The van der Waals surface area contributed by atoms with E-state index in [9.17, 15) is 14.4 Å². The Balaban J connectivity index is 2.51. The van der Waals surface area contributed by atoms with Crippen molar-refractivity contribution >= 4 is 17.8 Å². The van der Waals surface area contributed by atoms with Gasteiger partial charge in [-0.25, -0.2) is 4.79 Å². The van der Waals surface area contributed by atoms with Crippen molar-refractivity contribution in [3.05, 3.63) is 0 Å². The van der Waals surface area contributed by atoms with E-state index in [1.54, 1.807) is 0 Å². The highest BCUT2D eigenvalue weighted by Gasteiger charge is 2.25. The summed E-state index contributed by atoms with van der Waals surface area (Å²) in [5, 5.41) is 4.87. The number of hydrogen-bond donors (Lipinski definition) is 3. The number of urea groups is 1. The number of amides is 4. The molecule has 0 spiro atoms. The fourth-order valence-corrected chi connectivity index (χ4v) is 1.38. The Hall–Kier alpha value is -1.79. The molecule has 4 N–H and O–H groups in total. The number of carbonyl (C=O) groups excluding carboxylic acids is 3.